The number of aromatic nitrogens is 2. The van der Waals surface area contributed by atoms with Gasteiger partial charge in [0, 0.05) is 61.1 Å². The van der Waals surface area contributed by atoms with Crippen molar-refractivity contribution in [2.45, 2.75) is 50.7 Å². The van der Waals surface area contributed by atoms with Gasteiger partial charge in [0.2, 0.25) is 11.9 Å². The van der Waals surface area contributed by atoms with E-state index in [2.05, 4.69) is 27.2 Å². The molecular formula is C30H39F3N6O2S. The molecule has 2 amide bonds. The lowest BCUT2D eigenvalue weighted by Crippen LogP contribution is -2.44. The van der Waals surface area contributed by atoms with E-state index in [-0.39, 0.29) is 47.8 Å². The summed E-state index contributed by atoms with van der Waals surface area (Å²) in [5.41, 5.74) is 0.153. The summed E-state index contributed by atoms with van der Waals surface area (Å²) >= 11 is 1.82. The molecule has 3 aliphatic rings. The van der Waals surface area contributed by atoms with Crippen molar-refractivity contribution in [1.82, 2.24) is 24.7 Å². The summed E-state index contributed by atoms with van der Waals surface area (Å²) < 4.78 is 41.9. The number of nitrogens with zero attached hydrogens (tertiary/aromatic N) is 5. The molecule has 1 N–H and O–H groups in total. The second kappa shape index (κ2) is 13.2. The Bertz CT molecular complexity index is 1250. The zero-order chi connectivity index (χ0) is 29.9. The molecule has 1 aromatic carbocycles. The van der Waals surface area contributed by atoms with Crippen molar-refractivity contribution < 1.29 is 22.8 Å². The summed E-state index contributed by atoms with van der Waals surface area (Å²) in [6, 6.07) is 7.01. The Kier molecular flexibility index (Phi) is 9.61. The van der Waals surface area contributed by atoms with E-state index in [9.17, 15) is 22.8 Å². The number of hydrogen-bond donors (Lipinski definition) is 1. The summed E-state index contributed by atoms with van der Waals surface area (Å²) in [4.78, 5) is 40.5. The van der Waals surface area contributed by atoms with E-state index in [1.165, 1.54) is 0 Å². The topological polar surface area (TPSA) is 81.7 Å². The molecule has 2 atom stereocenters. The summed E-state index contributed by atoms with van der Waals surface area (Å²) in [7, 11) is 3.91. The molecule has 1 saturated carbocycles. The predicted molar refractivity (Wildman–Crippen MR) is 158 cm³/mol. The average Bonchev–Trinajstić information content (AvgIpc) is 3.45. The van der Waals surface area contributed by atoms with Crippen molar-refractivity contribution in [2.75, 3.05) is 57.1 Å². The molecule has 0 unspecified atom stereocenters. The van der Waals surface area contributed by atoms with Crippen LogP contribution < -0.4 is 5.32 Å². The highest BCUT2D eigenvalue weighted by Crippen LogP contribution is 2.39. The number of hydrogen-bond acceptors (Lipinski definition) is 7. The summed E-state index contributed by atoms with van der Waals surface area (Å²) in [5, 5.41) is 3.00. The van der Waals surface area contributed by atoms with Crippen LogP contribution in [0.15, 0.2) is 30.5 Å². The van der Waals surface area contributed by atoms with Gasteiger partial charge in [-0.05, 0) is 82.4 Å². The molecule has 5 rings (SSSR count). The standard InChI is InChI=1S/C30H39F3N6O2S/c1-37-12-10-23(11-13-37)38(2)27(40)20-6-8-22(9-7-20)35-29-34-19-25(30(31,32)33)26(36-29)18-21-4-3-5-24(21)28(41)39-14-16-42-17-15-39/h6-9,19,21,23-24H,3-5,10-18H2,1-2H3,(H,34,35,36)/t21-,24-/m0/s1. The number of amides is 2. The first-order valence-electron chi connectivity index (χ1n) is 14.7. The van der Waals surface area contributed by atoms with Gasteiger partial charge in [0.25, 0.3) is 5.91 Å². The molecule has 2 aromatic rings. The third kappa shape index (κ3) is 7.19. The van der Waals surface area contributed by atoms with E-state index in [4.69, 9.17) is 0 Å². The van der Waals surface area contributed by atoms with E-state index in [1.54, 1.807) is 29.2 Å². The van der Waals surface area contributed by atoms with Crippen molar-refractivity contribution in [3.8, 4) is 0 Å². The lowest BCUT2D eigenvalue weighted by molar-refractivity contribution is -0.138. The molecule has 8 nitrogen and oxygen atoms in total. The second-order valence-electron chi connectivity index (χ2n) is 11.6. The van der Waals surface area contributed by atoms with Gasteiger partial charge in [-0.1, -0.05) is 6.42 Å². The van der Waals surface area contributed by atoms with Crippen LogP contribution in [0.3, 0.4) is 0 Å². The van der Waals surface area contributed by atoms with E-state index >= 15 is 0 Å². The molecule has 3 heterocycles. The number of halogens is 3. The van der Waals surface area contributed by atoms with Crippen LogP contribution in [0.4, 0.5) is 24.8 Å². The van der Waals surface area contributed by atoms with Gasteiger partial charge in [0.1, 0.15) is 0 Å². The number of thioether (sulfide) groups is 1. The van der Waals surface area contributed by atoms with Crippen molar-refractivity contribution in [3.63, 3.8) is 0 Å². The minimum atomic E-state index is -4.60. The fraction of sp³-hybridized carbons (Fsp3) is 0.600. The van der Waals surface area contributed by atoms with Crippen LogP contribution in [0.5, 0.6) is 0 Å². The Hall–Kier alpha value is -2.86. The van der Waals surface area contributed by atoms with Gasteiger partial charge in [0.05, 0.1) is 11.3 Å². The second-order valence-corrected chi connectivity index (χ2v) is 12.9. The molecule has 2 aliphatic heterocycles. The molecular weight excluding hydrogens is 565 g/mol. The Morgan fingerprint density at radius 2 is 1.74 bits per heavy atom. The summed E-state index contributed by atoms with van der Waals surface area (Å²) in [6.07, 6.45) is 0.372. The first-order chi connectivity index (χ1) is 20.1. The fourth-order valence-corrected chi connectivity index (χ4v) is 7.22. The number of piperidine rings is 1. The predicted octanol–water partition coefficient (Wildman–Crippen LogP) is 4.94. The molecule has 42 heavy (non-hydrogen) atoms. The van der Waals surface area contributed by atoms with Crippen molar-refractivity contribution in [3.05, 3.63) is 47.3 Å². The molecule has 0 bridgehead atoms. The Labute approximate surface area is 249 Å². The number of nitrogens with one attached hydrogen (secondary N) is 1. The van der Waals surface area contributed by atoms with E-state index in [0.29, 0.717) is 37.2 Å². The highest BCUT2D eigenvalue weighted by Gasteiger charge is 2.40. The van der Waals surface area contributed by atoms with Gasteiger partial charge in [0.15, 0.2) is 0 Å². The number of carbonyl (C=O) groups is 2. The van der Waals surface area contributed by atoms with Gasteiger partial charge in [-0.25, -0.2) is 9.97 Å². The van der Waals surface area contributed by atoms with Gasteiger partial charge >= 0.3 is 6.18 Å². The minimum Gasteiger partial charge on any atom is -0.341 e. The van der Waals surface area contributed by atoms with Crippen LogP contribution >= 0.6 is 11.8 Å². The fourth-order valence-electron chi connectivity index (χ4n) is 6.32. The zero-order valence-electron chi connectivity index (χ0n) is 24.2. The first-order valence-corrected chi connectivity index (χ1v) is 15.9. The van der Waals surface area contributed by atoms with Crippen LogP contribution in [0, 0.1) is 11.8 Å². The number of alkyl halides is 3. The maximum atomic E-state index is 14.0. The molecule has 228 valence electrons. The SMILES string of the molecule is CN1CCC(N(C)C(=O)c2ccc(Nc3ncc(C(F)(F)F)c(C[C@@H]4CCC[C@@H]4C(=O)N4CCSCC4)n3)cc2)CC1. The number of benzene rings is 1. The number of likely N-dealkylation sites (tertiary alicyclic amines) is 1. The molecule has 0 spiro atoms. The van der Waals surface area contributed by atoms with Gasteiger partial charge < -0.3 is 20.0 Å². The van der Waals surface area contributed by atoms with Gasteiger partial charge in [-0.15, -0.1) is 0 Å². The Balaban J connectivity index is 1.28. The maximum absolute atomic E-state index is 14.0. The smallest absolute Gasteiger partial charge is 0.341 e. The van der Waals surface area contributed by atoms with Crippen LogP contribution in [0.25, 0.3) is 0 Å². The monoisotopic (exact) mass is 604 g/mol. The zero-order valence-corrected chi connectivity index (χ0v) is 25.0. The van der Waals surface area contributed by atoms with Gasteiger partial charge in [-0.3, -0.25) is 9.59 Å². The number of anilines is 2. The Morgan fingerprint density at radius 1 is 1.05 bits per heavy atom. The lowest BCUT2D eigenvalue weighted by Gasteiger charge is -2.35. The molecule has 0 radical (unpaired) electrons. The first kappa shape index (κ1) is 30.6. The highest BCUT2D eigenvalue weighted by atomic mass is 32.2. The van der Waals surface area contributed by atoms with Crippen molar-refractivity contribution in [1.29, 1.82) is 0 Å². The Morgan fingerprint density at radius 3 is 2.40 bits per heavy atom. The van der Waals surface area contributed by atoms with Crippen LogP contribution in [-0.2, 0) is 17.4 Å². The summed E-state index contributed by atoms with van der Waals surface area (Å²) in [6.45, 7) is 3.30. The quantitative estimate of drug-likeness (QED) is 0.480. The minimum absolute atomic E-state index is 0.0504. The van der Waals surface area contributed by atoms with E-state index < -0.39 is 11.7 Å². The van der Waals surface area contributed by atoms with E-state index in [1.807, 2.05) is 23.7 Å². The van der Waals surface area contributed by atoms with Crippen molar-refractivity contribution >= 4 is 35.2 Å². The number of rotatable bonds is 7. The van der Waals surface area contributed by atoms with Crippen molar-refractivity contribution in [2.24, 2.45) is 11.8 Å². The number of carbonyl (C=O) groups excluding carboxylic acids is 2. The largest absolute Gasteiger partial charge is 0.419 e. The highest BCUT2D eigenvalue weighted by molar-refractivity contribution is 7.99. The van der Waals surface area contributed by atoms with Crippen LogP contribution in [0.1, 0.15) is 53.7 Å². The summed E-state index contributed by atoms with van der Waals surface area (Å²) in [5.74, 6) is 1.37. The van der Waals surface area contributed by atoms with Crippen LogP contribution in [-0.4, -0.2) is 94.3 Å². The molecule has 1 aromatic heterocycles. The normalized spacial score (nSPS) is 22.3. The molecule has 3 fully saturated rings. The van der Waals surface area contributed by atoms with E-state index in [0.717, 1.165) is 50.1 Å². The lowest BCUT2D eigenvalue weighted by atomic mass is 9.89. The van der Waals surface area contributed by atoms with Crippen LogP contribution in [0.2, 0.25) is 0 Å². The third-order valence-electron chi connectivity index (χ3n) is 8.87. The third-order valence-corrected chi connectivity index (χ3v) is 9.81. The maximum Gasteiger partial charge on any atom is 0.419 e. The van der Waals surface area contributed by atoms with Gasteiger partial charge in [-0.2, -0.15) is 24.9 Å². The molecule has 2 saturated heterocycles. The molecule has 1 aliphatic carbocycles. The molecule has 12 heteroatoms. The average molecular weight is 605 g/mol.